The molecule has 0 saturated carbocycles. The van der Waals surface area contributed by atoms with Crippen LogP contribution in [0.5, 0.6) is 0 Å². The molecule has 0 aliphatic heterocycles. The fourth-order valence-electron chi connectivity index (χ4n) is 2.52. The number of fused-ring (bicyclic) bond motifs is 3. The van der Waals surface area contributed by atoms with Gasteiger partial charge in [0.1, 0.15) is 5.82 Å². The third-order valence-electron chi connectivity index (χ3n) is 3.71. The molecule has 9 nitrogen and oxygen atoms in total. The summed E-state index contributed by atoms with van der Waals surface area (Å²) < 4.78 is 26.5. The second kappa shape index (κ2) is 6.22. The standard InChI is InChI=1S/C13H19N7O2S/c1-2-3-7-19(23(14,21)22)8-5-11-17-18-12-9-16-13-10(20(11)12)4-6-15-13/h4,6,9,15H,2-3,5,7-8H2,1H3,(H2,14,21,22). The van der Waals surface area contributed by atoms with Gasteiger partial charge in [0.05, 0.1) is 11.7 Å². The zero-order valence-electron chi connectivity index (χ0n) is 12.8. The molecule has 0 aromatic carbocycles. The second-order valence-electron chi connectivity index (χ2n) is 5.33. The Morgan fingerprint density at radius 3 is 2.91 bits per heavy atom. The van der Waals surface area contributed by atoms with E-state index in [1.807, 2.05) is 17.4 Å². The molecule has 0 radical (unpaired) electrons. The summed E-state index contributed by atoms with van der Waals surface area (Å²) in [6.07, 6.45) is 5.51. The van der Waals surface area contributed by atoms with Crippen molar-refractivity contribution < 1.29 is 8.42 Å². The quantitative estimate of drug-likeness (QED) is 0.648. The van der Waals surface area contributed by atoms with Gasteiger partial charge in [-0.05, 0) is 12.5 Å². The SMILES string of the molecule is CCCCN(CCc1nnc2cnc3[nH]ccc3n12)S(N)(=O)=O. The van der Waals surface area contributed by atoms with E-state index >= 15 is 0 Å². The van der Waals surface area contributed by atoms with E-state index in [-0.39, 0.29) is 6.54 Å². The summed E-state index contributed by atoms with van der Waals surface area (Å²) in [5, 5.41) is 13.5. The zero-order valence-corrected chi connectivity index (χ0v) is 13.6. The largest absolute Gasteiger partial charge is 0.345 e. The van der Waals surface area contributed by atoms with Crippen molar-refractivity contribution in [2.75, 3.05) is 13.1 Å². The van der Waals surface area contributed by atoms with Gasteiger partial charge in [-0.25, -0.2) is 10.1 Å². The number of hydrogen-bond donors (Lipinski definition) is 2. The molecular weight excluding hydrogens is 318 g/mol. The number of nitrogens with zero attached hydrogens (tertiary/aromatic N) is 5. The molecule has 3 aromatic rings. The Morgan fingerprint density at radius 1 is 1.35 bits per heavy atom. The summed E-state index contributed by atoms with van der Waals surface area (Å²) in [6.45, 7) is 2.68. The van der Waals surface area contributed by atoms with Crippen LogP contribution in [0.1, 0.15) is 25.6 Å². The van der Waals surface area contributed by atoms with Gasteiger partial charge < -0.3 is 4.98 Å². The van der Waals surface area contributed by atoms with Crippen molar-refractivity contribution in [2.24, 2.45) is 5.14 Å². The van der Waals surface area contributed by atoms with Crippen molar-refractivity contribution in [2.45, 2.75) is 26.2 Å². The van der Waals surface area contributed by atoms with E-state index in [2.05, 4.69) is 20.2 Å². The molecule has 10 heteroatoms. The number of hydrogen-bond acceptors (Lipinski definition) is 5. The van der Waals surface area contributed by atoms with E-state index in [9.17, 15) is 8.42 Å². The van der Waals surface area contributed by atoms with Crippen LogP contribution in [0, 0.1) is 0 Å². The number of H-pyrrole nitrogens is 1. The maximum Gasteiger partial charge on any atom is 0.276 e. The first kappa shape index (κ1) is 15.8. The van der Waals surface area contributed by atoms with Crippen LogP contribution in [0.2, 0.25) is 0 Å². The van der Waals surface area contributed by atoms with Crippen LogP contribution in [-0.2, 0) is 16.6 Å². The van der Waals surface area contributed by atoms with Crippen LogP contribution in [0.25, 0.3) is 16.8 Å². The molecule has 0 fully saturated rings. The minimum atomic E-state index is -3.72. The number of aromatic nitrogens is 5. The molecule has 3 N–H and O–H groups in total. The molecule has 0 saturated heterocycles. The van der Waals surface area contributed by atoms with Gasteiger partial charge in [0.25, 0.3) is 10.2 Å². The van der Waals surface area contributed by atoms with Crippen LogP contribution in [0.4, 0.5) is 0 Å². The minimum absolute atomic E-state index is 0.272. The lowest BCUT2D eigenvalue weighted by molar-refractivity contribution is 0.403. The van der Waals surface area contributed by atoms with Gasteiger partial charge in [0, 0.05) is 25.7 Å². The second-order valence-corrected chi connectivity index (χ2v) is 6.87. The Morgan fingerprint density at radius 2 is 2.17 bits per heavy atom. The van der Waals surface area contributed by atoms with E-state index in [0.717, 1.165) is 24.0 Å². The van der Waals surface area contributed by atoms with E-state index in [0.29, 0.717) is 24.4 Å². The molecule has 23 heavy (non-hydrogen) atoms. The van der Waals surface area contributed by atoms with E-state index in [1.54, 1.807) is 12.4 Å². The molecule has 0 aliphatic carbocycles. The van der Waals surface area contributed by atoms with Gasteiger partial charge in [-0.1, -0.05) is 13.3 Å². The molecule has 3 heterocycles. The Bertz CT molecular complexity index is 915. The lowest BCUT2D eigenvalue weighted by Gasteiger charge is -2.18. The Balaban J connectivity index is 1.87. The number of aromatic amines is 1. The third kappa shape index (κ3) is 3.19. The normalized spacial score (nSPS) is 12.7. The van der Waals surface area contributed by atoms with Crippen molar-refractivity contribution in [1.82, 2.24) is 28.9 Å². The number of nitrogens with two attached hydrogens (primary N) is 1. The van der Waals surface area contributed by atoms with Crippen LogP contribution < -0.4 is 5.14 Å². The van der Waals surface area contributed by atoms with Gasteiger partial charge in [0.2, 0.25) is 0 Å². The maximum absolute atomic E-state index is 11.7. The van der Waals surface area contributed by atoms with Crippen LogP contribution in [-0.4, -0.2) is 50.4 Å². The minimum Gasteiger partial charge on any atom is -0.345 e. The smallest absolute Gasteiger partial charge is 0.276 e. The van der Waals surface area contributed by atoms with Crippen LogP contribution in [0.3, 0.4) is 0 Å². The van der Waals surface area contributed by atoms with Crippen molar-refractivity contribution in [3.8, 4) is 0 Å². The maximum atomic E-state index is 11.7. The Labute approximate surface area is 133 Å². The van der Waals surface area contributed by atoms with Gasteiger partial charge in [-0.15, -0.1) is 10.2 Å². The summed E-state index contributed by atoms with van der Waals surface area (Å²) in [5.74, 6) is 0.678. The summed E-state index contributed by atoms with van der Waals surface area (Å²) in [4.78, 5) is 7.28. The predicted octanol–water partition coefficient (Wildman–Crippen LogP) is 0.454. The van der Waals surface area contributed by atoms with Crippen LogP contribution >= 0.6 is 0 Å². The zero-order chi connectivity index (χ0) is 16.4. The highest BCUT2D eigenvalue weighted by Gasteiger charge is 2.18. The fraction of sp³-hybridized carbons (Fsp3) is 0.462. The molecule has 0 atom stereocenters. The Hall–Kier alpha value is -2.04. The van der Waals surface area contributed by atoms with Crippen molar-refractivity contribution in [3.05, 3.63) is 24.3 Å². The highest BCUT2D eigenvalue weighted by atomic mass is 32.2. The first-order valence-corrected chi connectivity index (χ1v) is 8.95. The lowest BCUT2D eigenvalue weighted by Crippen LogP contribution is -2.38. The molecular formula is C13H19N7O2S. The fourth-order valence-corrected chi connectivity index (χ4v) is 3.25. The number of rotatable bonds is 7. The molecule has 3 rings (SSSR count). The molecule has 0 spiro atoms. The van der Waals surface area contributed by atoms with E-state index in [4.69, 9.17) is 5.14 Å². The predicted molar refractivity (Wildman–Crippen MR) is 85.9 cm³/mol. The van der Waals surface area contributed by atoms with Gasteiger partial charge in [-0.2, -0.15) is 12.7 Å². The Kier molecular flexibility index (Phi) is 4.28. The molecule has 0 unspecified atom stereocenters. The molecule has 0 aliphatic rings. The van der Waals surface area contributed by atoms with Crippen molar-refractivity contribution in [3.63, 3.8) is 0 Å². The van der Waals surface area contributed by atoms with Gasteiger partial charge in [0.15, 0.2) is 11.3 Å². The van der Waals surface area contributed by atoms with E-state index < -0.39 is 10.2 Å². The van der Waals surface area contributed by atoms with Crippen molar-refractivity contribution in [1.29, 1.82) is 0 Å². The summed E-state index contributed by atoms with van der Waals surface area (Å²) >= 11 is 0. The highest BCUT2D eigenvalue weighted by molar-refractivity contribution is 7.86. The van der Waals surface area contributed by atoms with Gasteiger partial charge in [-0.3, -0.25) is 4.40 Å². The molecule has 0 amide bonds. The number of unbranched alkanes of at least 4 members (excludes halogenated alkanes) is 1. The van der Waals surface area contributed by atoms with Crippen molar-refractivity contribution >= 4 is 27.0 Å². The average molecular weight is 337 g/mol. The first-order chi connectivity index (χ1) is 11.0. The molecule has 124 valence electrons. The monoisotopic (exact) mass is 337 g/mol. The summed E-state index contributed by atoms with van der Waals surface area (Å²) in [7, 11) is -3.72. The highest BCUT2D eigenvalue weighted by Crippen LogP contribution is 2.14. The topological polar surface area (TPSA) is 122 Å². The lowest BCUT2D eigenvalue weighted by atomic mass is 10.3. The van der Waals surface area contributed by atoms with Gasteiger partial charge >= 0.3 is 0 Å². The molecule has 3 aromatic heterocycles. The first-order valence-electron chi connectivity index (χ1n) is 7.44. The average Bonchev–Trinajstić information content (AvgIpc) is 3.11. The summed E-state index contributed by atoms with van der Waals surface area (Å²) in [6, 6.07) is 1.89. The van der Waals surface area contributed by atoms with E-state index in [1.165, 1.54) is 4.31 Å². The molecule has 0 bridgehead atoms. The summed E-state index contributed by atoms with van der Waals surface area (Å²) in [5.41, 5.74) is 2.22. The van der Waals surface area contributed by atoms with Crippen LogP contribution in [0.15, 0.2) is 18.5 Å². The number of nitrogens with one attached hydrogen (secondary N) is 1. The third-order valence-corrected chi connectivity index (χ3v) is 4.80.